The number of aromatic nitrogens is 4. The highest BCUT2D eigenvalue weighted by Gasteiger charge is 2.16. The highest BCUT2D eigenvalue weighted by atomic mass is 16.4. The van der Waals surface area contributed by atoms with Gasteiger partial charge in [0, 0.05) is 33.6 Å². The lowest BCUT2D eigenvalue weighted by Crippen LogP contribution is -2.21. The number of carbonyl (C=O) groups is 1. The van der Waals surface area contributed by atoms with Gasteiger partial charge in [0.05, 0.1) is 17.6 Å². The molecule has 0 spiro atoms. The number of hydrogen-bond donors (Lipinski definition) is 1. The molecule has 4 aromatic rings. The lowest BCUT2D eigenvalue weighted by Gasteiger charge is -2.10. The fraction of sp³-hybridized carbons (Fsp3) is 0.136. The van der Waals surface area contributed by atoms with E-state index in [-0.39, 0.29) is 20.4 Å². The minimum Gasteiger partial charge on any atom is -0.508 e. The Kier molecular flexibility index (Phi) is 4.97. The van der Waals surface area contributed by atoms with Crippen molar-refractivity contribution in [3.63, 3.8) is 0 Å². The second-order valence-corrected chi connectivity index (χ2v) is 6.93. The number of nitrogens with zero attached hydrogens (tertiary/aromatic N) is 5. The van der Waals surface area contributed by atoms with E-state index in [4.69, 9.17) is 4.42 Å². The van der Waals surface area contributed by atoms with Gasteiger partial charge in [-0.2, -0.15) is 0 Å². The Hall–Kier alpha value is -4.07. The minimum absolute atomic E-state index is 0. The van der Waals surface area contributed by atoms with Gasteiger partial charge in [0.15, 0.2) is 0 Å². The lowest BCUT2D eigenvalue weighted by molar-refractivity contribution is 0.0827. The highest BCUT2D eigenvalue weighted by Crippen LogP contribution is 2.27. The predicted molar refractivity (Wildman–Crippen MR) is 115 cm³/mol. The highest BCUT2D eigenvalue weighted by molar-refractivity contribution is 5.94. The summed E-state index contributed by atoms with van der Waals surface area (Å²) < 4.78 is 5.79. The molecule has 2 aromatic carbocycles. The summed E-state index contributed by atoms with van der Waals surface area (Å²) in [6, 6.07) is 13.7. The van der Waals surface area contributed by atoms with Crippen molar-refractivity contribution in [1.82, 2.24) is 25.1 Å². The maximum atomic E-state index is 12.1. The van der Waals surface area contributed by atoms with E-state index in [9.17, 15) is 9.90 Å². The van der Waals surface area contributed by atoms with Gasteiger partial charge < -0.3 is 14.4 Å². The first-order valence-electron chi connectivity index (χ1n) is 9.21. The maximum Gasteiger partial charge on any atom is 0.268 e. The van der Waals surface area contributed by atoms with Gasteiger partial charge >= 0.3 is 0 Å². The average Bonchev–Trinajstić information content (AvgIpc) is 3.24. The third kappa shape index (κ3) is 3.75. The van der Waals surface area contributed by atoms with Crippen molar-refractivity contribution in [2.45, 2.75) is 6.92 Å². The van der Waals surface area contributed by atoms with Crippen LogP contribution in [0.15, 0.2) is 59.1 Å². The number of amides is 1. The van der Waals surface area contributed by atoms with Gasteiger partial charge in [0.25, 0.3) is 11.8 Å². The SMILES string of the molecule is Cc1ncc(-c2ccc(C(=O)N(C)C)cc2)nc1-c1nnc(-c2ccc(O)cc2)o1.[HH].[HH]. The standard InChI is InChI=1S/C22H19N5O3.2H2/c1-13-19(21-26-25-20(30-21)15-8-10-17(28)11-9-15)24-18(12-23-13)14-4-6-16(7-5-14)22(29)27(2)3;;/h4-12,28H,1-3H3;2*1H. The van der Waals surface area contributed by atoms with Crippen molar-refractivity contribution in [2.24, 2.45) is 0 Å². The molecule has 2 heterocycles. The molecule has 1 amide bonds. The quantitative estimate of drug-likeness (QED) is 0.545. The molecule has 0 aliphatic rings. The molecule has 30 heavy (non-hydrogen) atoms. The first kappa shape index (κ1) is 19.3. The molecule has 0 radical (unpaired) electrons. The summed E-state index contributed by atoms with van der Waals surface area (Å²) in [5.74, 6) is 0.670. The normalized spacial score (nSPS) is 10.8. The van der Waals surface area contributed by atoms with E-state index in [1.54, 1.807) is 56.7 Å². The topological polar surface area (TPSA) is 105 Å². The Morgan fingerprint density at radius 2 is 1.60 bits per heavy atom. The van der Waals surface area contributed by atoms with E-state index in [1.165, 1.54) is 4.90 Å². The molecular weight excluding hydrogens is 382 g/mol. The summed E-state index contributed by atoms with van der Waals surface area (Å²) in [6.07, 6.45) is 1.67. The Balaban J connectivity index is 0.00000181. The second-order valence-electron chi connectivity index (χ2n) is 6.93. The number of hydrogen-bond acceptors (Lipinski definition) is 7. The summed E-state index contributed by atoms with van der Waals surface area (Å²) in [4.78, 5) is 22.7. The van der Waals surface area contributed by atoms with Crippen LogP contribution < -0.4 is 0 Å². The van der Waals surface area contributed by atoms with E-state index < -0.39 is 0 Å². The van der Waals surface area contributed by atoms with Crippen molar-refractivity contribution in [3.05, 3.63) is 66.0 Å². The molecule has 4 rings (SSSR count). The van der Waals surface area contributed by atoms with Crippen LogP contribution in [0.5, 0.6) is 5.75 Å². The monoisotopic (exact) mass is 405 g/mol. The Labute approximate surface area is 175 Å². The fourth-order valence-corrected chi connectivity index (χ4v) is 2.87. The Morgan fingerprint density at radius 1 is 0.967 bits per heavy atom. The molecule has 2 aromatic heterocycles. The Bertz CT molecular complexity index is 1210. The predicted octanol–water partition coefficient (Wildman–Crippen LogP) is 4.07. The van der Waals surface area contributed by atoms with Gasteiger partial charge in [-0.1, -0.05) is 12.1 Å². The molecule has 0 saturated carbocycles. The maximum absolute atomic E-state index is 12.1. The molecule has 0 unspecified atom stereocenters. The van der Waals surface area contributed by atoms with E-state index in [0.717, 1.165) is 5.56 Å². The van der Waals surface area contributed by atoms with Crippen LogP contribution in [-0.4, -0.2) is 50.2 Å². The molecular formula is C22H23N5O3. The van der Waals surface area contributed by atoms with Crippen LogP contribution in [0.2, 0.25) is 0 Å². The fourth-order valence-electron chi connectivity index (χ4n) is 2.87. The van der Waals surface area contributed by atoms with E-state index in [2.05, 4.69) is 20.2 Å². The van der Waals surface area contributed by atoms with Crippen molar-refractivity contribution in [1.29, 1.82) is 0 Å². The molecule has 0 bridgehead atoms. The zero-order chi connectivity index (χ0) is 21.3. The number of phenolic OH excluding ortho intramolecular Hbond substituents is 1. The number of aromatic hydroxyl groups is 1. The molecule has 0 fully saturated rings. The summed E-state index contributed by atoms with van der Waals surface area (Å²) >= 11 is 0. The number of carbonyl (C=O) groups excluding carboxylic acids is 1. The van der Waals surface area contributed by atoms with Crippen LogP contribution in [-0.2, 0) is 0 Å². The second kappa shape index (κ2) is 7.75. The van der Waals surface area contributed by atoms with Gasteiger partial charge in [-0.25, -0.2) is 4.98 Å². The number of rotatable bonds is 4. The van der Waals surface area contributed by atoms with E-state index in [1.807, 2.05) is 19.1 Å². The minimum atomic E-state index is -0.0650. The molecule has 8 heteroatoms. The van der Waals surface area contributed by atoms with Crippen LogP contribution in [0, 0.1) is 6.92 Å². The number of benzene rings is 2. The van der Waals surface area contributed by atoms with Crippen molar-refractivity contribution in [2.75, 3.05) is 14.1 Å². The molecule has 0 aliphatic carbocycles. The van der Waals surface area contributed by atoms with Crippen LogP contribution in [0.1, 0.15) is 18.9 Å². The Morgan fingerprint density at radius 3 is 2.27 bits per heavy atom. The van der Waals surface area contributed by atoms with E-state index in [0.29, 0.717) is 34.1 Å². The van der Waals surface area contributed by atoms with Crippen LogP contribution in [0.3, 0.4) is 0 Å². The van der Waals surface area contributed by atoms with Crippen molar-refractivity contribution < 1.29 is 17.2 Å². The van der Waals surface area contributed by atoms with Gasteiger partial charge in [0.2, 0.25) is 5.89 Å². The average molecular weight is 405 g/mol. The molecule has 1 N–H and O–H groups in total. The molecule has 154 valence electrons. The van der Waals surface area contributed by atoms with Gasteiger partial charge in [0.1, 0.15) is 11.4 Å². The van der Waals surface area contributed by atoms with Gasteiger partial charge in [-0.05, 0) is 43.3 Å². The summed E-state index contributed by atoms with van der Waals surface area (Å²) in [7, 11) is 3.43. The van der Waals surface area contributed by atoms with Gasteiger partial charge in [-0.3, -0.25) is 9.78 Å². The van der Waals surface area contributed by atoms with Crippen LogP contribution in [0.25, 0.3) is 34.3 Å². The van der Waals surface area contributed by atoms with Crippen molar-refractivity contribution in [3.8, 4) is 40.0 Å². The molecule has 0 saturated heterocycles. The zero-order valence-corrected chi connectivity index (χ0v) is 16.7. The smallest absolute Gasteiger partial charge is 0.268 e. The first-order chi connectivity index (χ1) is 14.4. The van der Waals surface area contributed by atoms with Crippen LogP contribution in [0.4, 0.5) is 0 Å². The lowest BCUT2D eigenvalue weighted by atomic mass is 10.1. The van der Waals surface area contributed by atoms with E-state index >= 15 is 0 Å². The zero-order valence-electron chi connectivity index (χ0n) is 16.7. The summed E-state index contributed by atoms with van der Waals surface area (Å²) in [5, 5.41) is 17.6. The third-order valence-electron chi connectivity index (χ3n) is 4.53. The third-order valence-corrected chi connectivity index (χ3v) is 4.53. The van der Waals surface area contributed by atoms with Crippen LogP contribution >= 0.6 is 0 Å². The summed E-state index contributed by atoms with van der Waals surface area (Å²) in [5.41, 5.74) is 3.87. The van der Waals surface area contributed by atoms with Crippen molar-refractivity contribution >= 4 is 5.91 Å². The largest absolute Gasteiger partial charge is 0.508 e. The molecule has 8 nitrogen and oxygen atoms in total. The molecule has 0 aliphatic heterocycles. The first-order valence-corrected chi connectivity index (χ1v) is 9.21. The molecule has 0 atom stereocenters. The van der Waals surface area contributed by atoms with Gasteiger partial charge in [-0.15, -0.1) is 10.2 Å². The number of aryl methyl sites for hydroxylation is 1. The number of phenols is 1. The summed E-state index contributed by atoms with van der Waals surface area (Å²) in [6.45, 7) is 1.81.